The van der Waals surface area contributed by atoms with Crippen molar-refractivity contribution in [3.05, 3.63) is 50.2 Å². The molecule has 18 heavy (non-hydrogen) atoms. The largest absolute Gasteiger partial charge is 0.243 e. The summed E-state index contributed by atoms with van der Waals surface area (Å²) < 4.78 is 0. The third-order valence-corrected chi connectivity index (χ3v) is 3.59. The molecule has 0 bridgehead atoms. The Morgan fingerprint density at radius 1 is 0.889 bits per heavy atom. The van der Waals surface area contributed by atoms with Crippen LogP contribution in [-0.2, 0) is 0 Å². The van der Waals surface area contributed by atoms with E-state index in [1.54, 1.807) is 18.2 Å². The molecule has 0 unspecified atom stereocenters. The second kappa shape index (κ2) is 5.34. The minimum atomic E-state index is 0.164. The van der Waals surface area contributed by atoms with Gasteiger partial charge < -0.3 is 0 Å². The number of aromatic nitrogens is 1. The molecule has 0 spiro atoms. The van der Waals surface area contributed by atoms with Crippen LogP contribution in [0.15, 0.2) is 24.4 Å². The third-order valence-electron chi connectivity index (χ3n) is 2.27. The lowest BCUT2D eigenvalue weighted by molar-refractivity contribution is 1.26. The first-order valence-electron chi connectivity index (χ1n) is 4.73. The first-order valence-corrected chi connectivity index (χ1v) is 6.24. The summed E-state index contributed by atoms with van der Waals surface area (Å²) in [6.45, 7) is 0. The van der Waals surface area contributed by atoms with Gasteiger partial charge in [-0.3, -0.25) is 0 Å². The molecule has 0 atom stereocenters. The monoisotopic (exact) mass is 316 g/mol. The highest BCUT2D eigenvalue weighted by Gasteiger charge is 2.10. The summed E-state index contributed by atoms with van der Waals surface area (Å²) in [6.07, 6.45) is 1.51. The van der Waals surface area contributed by atoms with Crippen LogP contribution in [0.25, 0.3) is 11.1 Å². The van der Waals surface area contributed by atoms with Crippen molar-refractivity contribution in [2.45, 2.75) is 0 Å². The molecule has 2 aromatic rings. The van der Waals surface area contributed by atoms with Crippen LogP contribution in [0.5, 0.6) is 0 Å². The van der Waals surface area contributed by atoms with Crippen molar-refractivity contribution < 1.29 is 0 Å². The molecule has 0 saturated carbocycles. The first-order chi connectivity index (χ1) is 8.52. The number of nitrogens with zero attached hydrogens (tertiary/aromatic N) is 2. The summed E-state index contributed by atoms with van der Waals surface area (Å²) >= 11 is 23.8. The topological polar surface area (TPSA) is 36.7 Å². The molecular formula is C12H4Cl4N2. The number of nitriles is 1. The standard InChI is InChI=1S/C12H4Cl4N2/c13-8-3-10(15)9(14)2-7(8)6-1-11(16)12(4-17)18-5-6/h1-3,5H. The van der Waals surface area contributed by atoms with Crippen LogP contribution in [0.3, 0.4) is 0 Å². The lowest BCUT2D eigenvalue weighted by atomic mass is 10.1. The first kappa shape index (κ1) is 13.5. The SMILES string of the molecule is N#Cc1ncc(-c2cc(Cl)c(Cl)cc2Cl)cc1Cl. The summed E-state index contributed by atoms with van der Waals surface area (Å²) in [7, 11) is 0. The van der Waals surface area contributed by atoms with Crippen molar-refractivity contribution >= 4 is 46.4 Å². The van der Waals surface area contributed by atoms with Crippen molar-refractivity contribution in [2.24, 2.45) is 0 Å². The van der Waals surface area contributed by atoms with Gasteiger partial charge in [0.05, 0.1) is 20.1 Å². The van der Waals surface area contributed by atoms with Crippen LogP contribution in [0.2, 0.25) is 20.1 Å². The highest BCUT2D eigenvalue weighted by molar-refractivity contribution is 6.44. The van der Waals surface area contributed by atoms with Gasteiger partial charge in [-0.15, -0.1) is 0 Å². The van der Waals surface area contributed by atoms with Crippen LogP contribution < -0.4 is 0 Å². The van der Waals surface area contributed by atoms with Crippen molar-refractivity contribution in [1.29, 1.82) is 5.26 Å². The Morgan fingerprint density at radius 2 is 1.56 bits per heavy atom. The van der Waals surface area contributed by atoms with E-state index in [2.05, 4.69) is 4.98 Å². The molecule has 1 aromatic heterocycles. The van der Waals surface area contributed by atoms with Gasteiger partial charge in [-0.2, -0.15) is 5.26 Å². The number of pyridine rings is 1. The quantitative estimate of drug-likeness (QED) is 0.675. The van der Waals surface area contributed by atoms with Gasteiger partial charge in [0.25, 0.3) is 0 Å². The second-order valence-electron chi connectivity index (χ2n) is 3.41. The lowest BCUT2D eigenvalue weighted by Gasteiger charge is -2.07. The highest BCUT2D eigenvalue weighted by Crippen LogP contribution is 2.35. The Labute approximate surface area is 124 Å². The fourth-order valence-electron chi connectivity index (χ4n) is 1.41. The normalized spacial score (nSPS) is 10.2. The molecule has 2 nitrogen and oxygen atoms in total. The van der Waals surface area contributed by atoms with E-state index >= 15 is 0 Å². The molecule has 1 heterocycles. The van der Waals surface area contributed by atoms with Crippen LogP contribution in [0.1, 0.15) is 5.69 Å². The van der Waals surface area contributed by atoms with Crippen LogP contribution >= 0.6 is 46.4 Å². The van der Waals surface area contributed by atoms with E-state index < -0.39 is 0 Å². The molecule has 0 radical (unpaired) electrons. The average molecular weight is 318 g/mol. The van der Waals surface area contributed by atoms with Crippen molar-refractivity contribution in [1.82, 2.24) is 4.98 Å². The molecule has 0 aliphatic heterocycles. The van der Waals surface area contributed by atoms with Crippen LogP contribution in [0, 0.1) is 11.3 Å². The molecule has 6 heteroatoms. The van der Waals surface area contributed by atoms with Crippen LogP contribution in [-0.4, -0.2) is 4.98 Å². The van der Waals surface area contributed by atoms with Gasteiger partial charge in [0, 0.05) is 17.3 Å². The van der Waals surface area contributed by atoms with E-state index in [9.17, 15) is 0 Å². The van der Waals surface area contributed by atoms with E-state index in [4.69, 9.17) is 51.7 Å². The molecule has 0 saturated heterocycles. The maximum Gasteiger partial charge on any atom is 0.159 e. The van der Waals surface area contributed by atoms with Gasteiger partial charge >= 0.3 is 0 Å². The zero-order valence-electron chi connectivity index (χ0n) is 8.72. The Hall–Kier alpha value is -0.980. The Kier molecular flexibility index (Phi) is 3.99. The fourth-order valence-corrected chi connectivity index (χ4v) is 2.28. The molecule has 0 aliphatic rings. The molecular weight excluding hydrogens is 314 g/mol. The molecule has 0 fully saturated rings. The molecule has 0 N–H and O–H groups in total. The summed E-state index contributed by atoms with van der Waals surface area (Å²) in [5.74, 6) is 0. The minimum absolute atomic E-state index is 0.164. The van der Waals surface area contributed by atoms with Crippen molar-refractivity contribution in [2.75, 3.05) is 0 Å². The summed E-state index contributed by atoms with van der Waals surface area (Å²) in [4.78, 5) is 3.94. The summed E-state index contributed by atoms with van der Waals surface area (Å²) in [6, 6.07) is 6.67. The highest BCUT2D eigenvalue weighted by atomic mass is 35.5. The summed E-state index contributed by atoms with van der Waals surface area (Å²) in [5, 5.41) is 10.2. The van der Waals surface area contributed by atoms with Gasteiger partial charge in [0.15, 0.2) is 5.69 Å². The Bertz CT molecular complexity index is 662. The van der Waals surface area contributed by atoms with Gasteiger partial charge in [-0.1, -0.05) is 46.4 Å². The van der Waals surface area contributed by atoms with Crippen molar-refractivity contribution in [3.63, 3.8) is 0 Å². The molecule has 2 rings (SSSR count). The molecule has 0 amide bonds. The zero-order chi connectivity index (χ0) is 13.3. The smallest absolute Gasteiger partial charge is 0.159 e. The Morgan fingerprint density at radius 3 is 2.17 bits per heavy atom. The zero-order valence-corrected chi connectivity index (χ0v) is 11.7. The number of hydrogen-bond donors (Lipinski definition) is 0. The van der Waals surface area contributed by atoms with Gasteiger partial charge in [-0.05, 0) is 18.2 Å². The third kappa shape index (κ3) is 2.55. The van der Waals surface area contributed by atoms with E-state index in [1.165, 1.54) is 6.20 Å². The molecule has 0 aliphatic carbocycles. The number of rotatable bonds is 1. The Balaban J connectivity index is 2.60. The number of benzene rings is 1. The lowest BCUT2D eigenvalue weighted by Crippen LogP contribution is -1.87. The minimum Gasteiger partial charge on any atom is -0.243 e. The van der Waals surface area contributed by atoms with E-state index in [1.807, 2.05) is 6.07 Å². The van der Waals surface area contributed by atoms with E-state index in [-0.39, 0.29) is 10.7 Å². The maximum atomic E-state index is 8.75. The molecule has 90 valence electrons. The van der Waals surface area contributed by atoms with Gasteiger partial charge in [0.1, 0.15) is 6.07 Å². The van der Waals surface area contributed by atoms with Crippen molar-refractivity contribution in [3.8, 4) is 17.2 Å². The van der Waals surface area contributed by atoms with E-state index in [0.717, 1.165) is 0 Å². The number of hydrogen-bond acceptors (Lipinski definition) is 2. The average Bonchev–Trinajstić information content (AvgIpc) is 2.33. The maximum absolute atomic E-state index is 8.75. The second-order valence-corrected chi connectivity index (χ2v) is 5.04. The van der Waals surface area contributed by atoms with Crippen LogP contribution in [0.4, 0.5) is 0 Å². The predicted octanol–water partition coefficient (Wildman–Crippen LogP) is 5.23. The number of halogens is 4. The van der Waals surface area contributed by atoms with Gasteiger partial charge in [0.2, 0.25) is 0 Å². The molecule has 1 aromatic carbocycles. The van der Waals surface area contributed by atoms with E-state index in [0.29, 0.717) is 26.2 Å². The van der Waals surface area contributed by atoms with Gasteiger partial charge in [-0.25, -0.2) is 4.98 Å². The predicted molar refractivity (Wildman–Crippen MR) is 74.4 cm³/mol. The summed E-state index contributed by atoms with van der Waals surface area (Å²) in [5.41, 5.74) is 1.49. The fraction of sp³-hybridized carbons (Fsp3) is 0.